The van der Waals surface area contributed by atoms with Gasteiger partial charge in [-0.25, -0.2) is 4.39 Å². The summed E-state index contributed by atoms with van der Waals surface area (Å²) in [7, 11) is 0. The molecule has 13 nitrogen and oxygen atoms in total. The number of carbonyl (C=O) groups excluding carboxylic acids is 3. The Balaban J connectivity index is 0.885. The monoisotopic (exact) mass is 768 g/mol. The highest BCUT2D eigenvalue weighted by Crippen LogP contribution is 2.38. The summed E-state index contributed by atoms with van der Waals surface area (Å²) >= 11 is 0. The number of hydrogen-bond acceptors (Lipinski definition) is 9. The quantitative estimate of drug-likeness (QED) is 0.182. The van der Waals surface area contributed by atoms with Gasteiger partial charge in [0.15, 0.2) is 6.10 Å². The molecule has 4 heterocycles. The van der Waals surface area contributed by atoms with Gasteiger partial charge in [-0.3, -0.25) is 34.1 Å². The first kappa shape index (κ1) is 37.8. The molecule has 1 unspecified atom stereocenters. The Morgan fingerprint density at radius 2 is 1.86 bits per heavy atom. The third-order valence-corrected chi connectivity index (χ3v) is 11.4. The summed E-state index contributed by atoms with van der Waals surface area (Å²) < 4.78 is 35.0. The number of rotatable bonds is 12. The Kier molecular flexibility index (Phi) is 10.9. The summed E-state index contributed by atoms with van der Waals surface area (Å²) in [5.41, 5.74) is 1.87. The molecule has 8 rings (SSSR count). The molecule has 14 heteroatoms. The first-order valence-electron chi connectivity index (χ1n) is 19.8. The average molecular weight is 769 g/mol. The third kappa shape index (κ3) is 8.51. The van der Waals surface area contributed by atoms with Crippen LogP contribution in [0.1, 0.15) is 86.8 Å². The molecule has 2 saturated carbocycles. The molecule has 0 spiro atoms. The van der Waals surface area contributed by atoms with Crippen LogP contribution in [0.25, 0.3) is 10.9 Å². The third-order valence-electron chi connectivity index (χ3n) is 11.4. The summed E-state index contributed by atoms with van der Waals surface area (Å²) in [6, 6.07) is 14.6. The van der Waals surface area contributed by atoms with E-state index in [2.05, 4.69) is 15.5 Å². The van der Waals surface area contributed by atoms with Gasteiger partial charge in [-0.1, -0.05) is 12.1 Å². The Morgan fingerprint density at radius 3 is 2.59 bits per heavy atom. The molecule has 0 radical (unpaired) electrons. The number of pyridine rings is 1. The first-order valence-corrected chi connectivity index (χ1v) is 19.8. The largest absolute Gasteiger partial charge is 0.490 e. The second kappa shape index (κ2) is 16.2. The van der Waals surface area contributed by atoms with Crippen LogP contribution in [0, 0.1) is 5.92 Å². The maximum atomic E-state index is 13.7. The summed E-state index contributed by atoms with van der Waals surface area (Å²) in [4.78, 5) is 52.8. The van der Waals surface area contributed by atoms with Gasteiger partial charge >= 0.3 is 0 Å². The number of alkyl halides is 1. The van der Waals surface area contributed by atoms with Crippen LogP contribution in [-0.2, 0) is 20.7 Å². The van der Waals surface area contributed by atoms with E-state index in [1.54, 1.807) is 24.4 Å². The fraction of sp³-hybridized carbons (Fsp3) is 0.500. The number of amides is 3. The minimum atomic E-state index is -1.05. The van der Waals surface area contributed by atoms with Crippen LogP contribution < -0.4 is 25.7 Å². The van der Waals surface area contributed by atoms with Crippen LogP contribution in [0.5, 0.6) is 11.5 Å². The Labute approximate surface area is 324 Å². The van der Waals surface area contributed by atoms with Gasteiger partial charge in [0.1, 0.15) is 23.4 Å². The van der Waals surface area contributed by atoms with E-state index in [0.717, 1.165) is 62.7 Å². The number of nitrogens with zero attached hydrogens (tertiary/aromatic N) is 4. The predicted molar refractivity (Wildman–Crippen MR) is 207 cm³/mol. The number of aromatic nitrogens is 3. The van der Waals surface area contributed by atoms with Crippen molar-refractivity contribution >= 4 is 34.3 Å². The Morgan fingerprint density at radius 1 is 1.07 bits per heavy atom. The lowest BCUT2D eigenvalue weighted by atomic mass is 9.85. The zero-order chi connectivity index (χ0) is 38.9. The number of halogens is 1. The fourth-order valence-electron chi connectivity index (χ4n) is 8.25. The predicted octanol–water partition coefficient (Wildman–Crippen LogP) is 5.38. The summed E-state index contributed by atoms with van der Waals surface area (Å²) in [6.07, 6.45) is 7.59. The lowest BCUT2D eigenvalue weighted by Gasteiger charge is -2.39. The Bertz CT molecular complexity index is 2140. The molecular weight excluding hydrogens is 719 g/mol. The molecule has 2 aliphatic heterocycles. The van der Waals surface area contributed by atoms with Crippen LogP contribution in [0.4, 0.5) is 10.1 Å². The lowest BCUT2D eigenvalue weighted by molar-refractivity contribution is -0.138. The molecular formula is C42H49FN6O7. The van der Waals surface area contributed by atoms with Crippen molar-refractivity contribution in [1.29, 1.82) is 0 Å². The van der Waals surface area contributed by atoms with Crippen molar-refractivity contribution in [3.05, 3.63) is 82.4 Å². The molecule has 4 atom stereocenters. The molecule has 2 aromatic heterocycles. The van der Waals surface area contributed by atoms with Crippen molar-refractivity contribution in [3.63, 3.8) is 0 Å². The van der Waals surface area contributed by atoms with Gasteiger partial charge in [0.25, 0.3) is 17.4 Å². The van der Waals surface area contributed by atoms with E-state index in [1.807, 2.05) is 49.0 Å². The van der Waals surface area contributed by atoms with Crippen LogP contribution >= 0.6 is 0 Å². The van der Waals surface area contributed by atoms with E-state index in [1.165, 1.54) is 16.2 Å². The number of ether oxygens (including phenoxy) is 3. The smallest absolute Gasteiger partial charge is 0.274 e. The van der Waals surface area contributed by atoms with Gasteiger partial charge in [0, 0.05) is 62.2 Å². The highest BCUT2D eigenvalue weighted by Gasteiger charge is 2.40. The van der Waals surface area contributed by atoms with Gasteiger partial charge in [-0.2, -0.15) is 5.10 Å². The van der Waals surface area contributed by atoms with Gasteiger partial charge < -0.3 is 24.1 Å². The van der Waals surface area contributed by atoms with Crippen molar-refractivity contribution in [3.8, 4) is 11.5 Å². The zero-order valence-electron chi connectivity index (χ0n) is 31.8. The van der Waals surface area contributed by atoms with Crippen LogP contribution in [0.2, 0.25) is 0 Å². The highest BCUT2D eigenvalue weighted by atomic mass is 19.1. The fourth-order valence-corrected chi connectivity index (χ4v) is 8.25. The van der Waals surface area contributed by atoms with Gasteiger partial charge in [0.05, 0.1) is 42.5 Å². The number of piperidine rings is 1. The van der Waals surface area contributed by atoms with Crippen molar-refractivity contribution in [2.45, 2.75) is 102 Å². The lowest BCUT2D eigenvalue weighted by Crippen LogP contribution is -2.48. The first-order chi connectivity index (χ1) is 27.1. The maximum Gasteiger partial charge on any atom is 0.274 e. The summed E-state index contributed by atoms with van der Waals surface area (Å²) in [5, 5.41) is 10.8. The molecule has 2 saturated heterocycles. The molecule has 3 amide bonds. The molecule has 56 heavy (non-hydrogen) atoms. The molecule has 2 aromatic carbocycles. The number of hydrogen-bond donors (Lipinski definition) is 2. The van der Waals surface area contributed by atoms with E-state index in [4.69, 9.17) is 19.3 Å². The van der Waals surface area contributed by atoms with Gasteiger partial charge in [0.2, 0.25) is 5.91 Å². The van der Waals surface area contributed by atoms with Crippen molar-refractivity contribution in [2.75, 3.05) is 31.6 Å². The number of benzene rings is 2. The number of imide groups is 1. The normalized spacial score (nSPS) is 25.6. The second-order valence-electron chi connectivity index (χ2n) is 15.9. The van der Waals surface area contributed by atoms with E-state index in [9.17, 15) is 23.6 Å². The van der Waals surface area contributed by atoms with Crippen LogP contribution in [-0.4, -0.2) is 87.7 Å². The van der Waals surface area contributed by atoms with Crippen molar-refractivity contribution in [1.82, 2.24) is 24.6 Å². The minimum Gasteiger partial charge on any atom is -0.490 e. The van der Waals surface area contributed by atoms with Crippen LogP contribution in [0.15, 0.2) is 65.7 Å². The maximum absolute atomic E-state index is 13.7. The standard InChI is InChI=1S/C42H49FN6O7/c1-25(2)55-38-21-35-28(19-32(38)40(51)44-34-4-3-15-48(42(34)53)36-20-33(36)43)23-49(46-35)29-9-5-27(6-10-29)22-47-16-17-54-24-30(47)18-26-7-11-31(12-8-26)56-37-13-14-39(50)45-41(37)52/h3-4,7-8,11-12,15,19,21,23,25,27,29-30,33,36-37H,5-6,9-10,13-14,16-18,20,22,24H2,1-2H3,(H,44,51)(H,45,50,52)/t27-,29-,30-,33-,36+,37?/m1/s1. The van der Waals surface area contributed by atoms with E-state index < -0.39 is 29.8 Å². The van der Waals surface area contributed by atoms with Gasteiger partial charge in [-0.15, -0.1) is 0 Å². The number of morpholine rings is 1. The molecule has 4 fully saturated rings. The van der Waals surface area contributed by atoms with Crippen molar-refractivity contribution in [2.24, 2.45) is 5.92 Å². The molecule has 296 valence electrons. The zero-order valence-corrected chi connectivity index (χ0v) is 31.8. The summed E-state index contributed by atoms with van der Waals surface area (Å²) in [6.45, 7) is 7.07. The summed E-state index contributed by atoms with van der Waals surface area (Å²) in [5.74, 6) is 0.429. The Hall–Kier alpha value is -5.08. The van der Waals surface area contributed by atoms with E-state index >= 15 is 0 Å². The van der Waals surface area contributed by atoms with E-state index in [0.29, 0.717) is 42.4 Å². The highest BCUT2D eigenvalue weighted by molar-refractivity contribution is 6.08. The molecule has 2 aliphatic carbocycles. The average Bonchev–Trinajstić information content (AvgIpc) is 3.76. The van der Waals surface area contributed by atoms with Crippen molar-refractivity contribution < 1.29 is 33.0 Å². The second-order valence-corrected chi connectivity index (χ2v) is 15.9. The SMILES string of the molecule is CC(C)Oc1cc2nn([C@H]3CC[C@H](CN4CCOC[C@H]4Cc4ccc(OC5CCC(=O)NC5=O)cc4)CC3)cc2cc1C(=O)Nc1cccn([C@H]2C[C@H]2F)c1=O. The number of nitrogens with one attached hydrogen (secondary N) is 2. The number of anilines is 1. The molecule has 4 aliphatic rings. The van der Waals surface area contributed by atoms with Crippen LogP contribution in [0.3, 0.4) is 0 Å². The molecule has 0 bridgehead atoms. The number of fused-ring (bicyclic) bond motifs is 1. The van der Waals surface area contributed by atoms with E-state index in [-0.39, 0.29) is 42.1 Å². The molecule has 2 N–H and O–H groups in total. The minimum absolute atomic E-state index is 0.0934. The van der Waals surface area contributed by atoms with Gasteiger partial charge in [-0.05, 0) is 87.8 Å². The topological polar surface area (TPSA) is 146 Å². The molecule has 4 aromatic rings. The number of carbonyl (C=O) groups is 3.